The van der Waals surface area contributed by atoms with Gasteiger partial charge in [-0.1, -0.05) is 33.2 Å². The van der Waals surface area contributed by atoms with Gasteiger partial charge in [0.2, 0.25) is 11.7 Å². The van der Waals surface area contributed by atoms with Crippen LogP contribution in [0, 0.1) is 0 Å². The molecule has 0 radical (unpaired) electrons. The molecular formula is C17H15BrN4O2S. The molecule has 128 valence electrons. The molecule has 3 rings (SSSR count). The molecule has 1 heterocycles. The number of thiocarbonyl (C=S) groups is 1. The molecule has 1 aromatic heterocycles. The second kappa shape index (κ2) is 8.09. The number of rotatable bonds is 5. The zero-order valence-electron chi connectivity index (χ0n) is 13.3. The lowest BCUT2D eigenvalue weighted by atomic mass is 10.2. The van der Waals surface area contributed by atoms with Crippen LogP contribution < -0.4 is 15.4 Å². The molecular weight excluding hydrogens is 404 g/mol. The number of ether oxygens (including phenoxy) is 1. The Labute approximate surface area is 158 Å². The van der Waals surface area contributed by atoms with Crippen LogP contribution in [0.15, 0.2) is 57.5 Å². The molecule has 3 aromatic rings. The molecule has 8 heteroatoms. The number of hydrogen-bond donors (Lipinski definition) is 2. The number of anilines is 1. The highest BCUT2D eigenvalue weighted by molar-refractivity contribution is 9.10. The first-order valence-corrected chi connectivity index (χ1v) is 8.61. The molecule has 0 aliphatic carbocycles. The first-order valence-electron chi connectivity index (χ1n) is 7.41. The number of benzene rings is 2. The van der Waals surface area contributed by atoms with E-state index in [0.717, 1.165) is 21.5 Å². The van der Waals surface area contributed by atoms with E-state index in [0.29, 0.717) is 23.4 Å². The van der Waals surface area contributed by atoms with Crippen LogP contribution in [-0.4, -0.2) is 22.4 Å². The summed E-state index contributed by atoms with van der Waals surface area (Å²) in [5.74, 6) is 1.68. The number of hydrogen-bond acceptors (Lipinski definition) is 5. The molecule has 0 fully saturated rings. The summed E-state index contributed by atoms with van der Waals surface area (Å²) < 4.78 is 11.5. The van der Waals surface area contributed by atoms with Gasteiger partial charge < -0.3 is 19.9 Å². The molecule has 0 amide bonds. The average Bonchev–Trinajstić information content (AvgIpc) is 3.11. The smallest absolute Gasteiger partial charge is 0.246 e. The first-order chi connectivity index (χ1) is 12.1. The van der Waals surface area contributed by atoms with E-state index in [4.69, 9.17) is 21.5 Å². The lowest BCUT2D eigenvalue weighted by Crippen LogP contribution is -2.27. The zero-order valence-corrected chi connectivity index (χ0v) is 15.7. The molecule has 0 saturated heterocycles. The molecule has 2 N–H and O–H groups in total. The Morgan fingerprint density at radius 2 is 2.04 bits per heavy atom. The summed E-state index contributed by atoms with van der Waals surface area (Å²) in [6.45, 7) is 0.333. The van der Waals surface area contributed by atoms with Gasteiger partial charge in [-0.3, -0.25) is 0 Å². The summed E-state index contributed by atoms with van der Waals surface area (Å²) in [6.07, 6.45) is 0. The second-order valence-corrected chi connectivity index (χ2v) is 6.38. The van der Waals surface area contributed by atoms with Crippen LogP contribution in [0.4, 0.5) is 5.69 Å². The minimum absolute atomic E-state index is 0.333. The van der Waals surface area contributed by atoms with E-state index in [9.17, 15) is 0 Å². The van der Waals surface area contributed by atoms with Gasteiger partial charge in [0, 0.05) is 15.7 Å². The van der Waals surface area contributed by atoms with Crippen molar-refractivity contribution in [2.45, 2.75) is 6.54 Å². The molecule has 0 bridgehead atoms. The molecule has 0 saturated carbocycles. The van der Waals surface area contributed by atoms with Gasteiger partial charge in [-0.15, -0.1) is 0 Å². The van der Waals surface area contributed by atoms with Gasteiger partial charge in [0.15, 0.2) is 5.11 Å². The minimum Gasteiger partial charge on any atom is -0.497 e. The summed E-state index contributed by atoms with van der Waals surface area (Å²) in [5.41, 5.74) is 1.72. The number of nitrogens with one attached hydrogen (secondary N) is 2. The quantitative estimate of drug-likeness (QED) is 0.606. The lowest BCUT2D eigenvalue weighted by Gasteiger charge is -2.08. The van der Waals surface area contributed by atoms with E-state index in [1.807, 2.05) is 48.5 Å². The number of aromatic nitrogens is 2. The second-order valence-electron chi connectivity index (χ2n) is 5.06. The van der Waals surface area contributed by atoms with Crippen LogP contribution in [0.5, 0.6) is 5.75 Å². The summed E-state index contributed by atoms with van der Waals surface area (Å²) >= 11 is 8.65. The van der Waals surface area contributed by atoms with Crippen molar-refractivity contribution in [1.82, 2.24) is 15.5 Å². The number of nitrogens with zero attached hydrogens (tertiary/aromatic N) is 2. The largest absolute Gasteiger partial charge is 0.497 e. The maximum atomic E-state index is 5.26. The highest BCUT2D eigenvalue weighted by Gasteiger charge is 2.09. The molecule has 0 aliphatic heterocycles. The fourth-order valence-electron chi connectivity index (χ4n) is 2.07. The van der Waals surface area contributed by atoms with E-state index < -0.39 is 0 Å². The Kier molecular flexibility index (Phi) is 5.62. The third-order valence-electron chi connectivity index (χ3n) is 3.30. The van der Waals surface area contributed by atoms with Crippen molar-refractivity contribution in [2.24, 2.45) is 0 Å². The third-order valence-corrected chi connectivity index (χ3v) is 4.07. The maximum absolute atomic E-state index is 5.26. The molecule has 0 unspecified atom stereocenters. The van der Waals surface area contributed by atoms with E-state index >= 15 is 0 Å². The van der Waals surface area contributed by atoms with E-state index in [1.165, 1.54) is 0 Å². The average molecular weight is 419 g/mol. The van der Waals surface area contributed by atoms with Crippen LogP contribution >= 0.6 is 28.1 Å². The summed E-state index contributed by atoms with van der Waals surface area (Å²) in [4.78, 5) is 4.36. The van der Waals surface area contributed by atoms with Crippen LogP contribution in [0.2, 0.25) is 0 Å². The fourth-order valence-corrected chi connectivity index (χ4v) is 2.52. The number of halogens is 1. The molecule has 0 spiro atoms. The Hall–Kier alpha value is -2.45. The van der Waals surface area contributed by atoms with Gasteiger partial charge in [-0.25, -0.2) is 0 Å². The predicted octanol–water partition coefficient (Wildman–Crippen LogP) is 3.99. The fraction of sp³-hybridized carbons (Fsp3) is 0.118. The highest BCUT2D eigenvalue weighted by Crippen LogP contribution is 2.21. The Morgan fingerprint density at radius 1 is 1.24 bits per heavy atom. The summed E-state index contributed by atoms with van der Waals surface area (Å²) in [6, 6.07) is 15.2. The monoisotopic (exact) mass is 418 g/mol. The molecule has 2 aromatic carbocycles. The Morgan fingerprint density at radius 3 is 2.80 bits per heavy atom. The molecule has 25 heavy (non-hydrogen) atoms. The van der Waals surface area contributed by atoms with Gasteiger partial charge in [-0.05, 0) is 48.6 Å². The molecule has 0 aliphatic rings. The van der Waals surface area contributed by atoms with E-state index in [2.05, 4.69) is 36.7 Å². The van der Waals surface area contributed by atoms with Crippen LogP contribution in [0.3, 0.4) is 0 Å². The first kappa shape index (κ1) is 17.4. The van der Waals surface area contributed by atoms with Crippen molar-refractivity contribution in [3.63, 3.8) is 0 Å². The van der Waals surface area contributed by atoms with E-state index in [1.54, 1.807) is 7.11 Å². The SMILES string of the molecule is COc1cccc(-c2noc(CNC(=S)Nc3ccc(Br)cc3)n2)c1. The normalized spacial score (nSPS) is 10.3. The summed E-state index contributed by atoms with van der Waals surface area (Å²) in [5, 5.41) is 10.6. The van der Waals surface area contributed by atoms with Gasteiger partial charge in [-0.2, -0.15) is 4.98 Å². The third kappa shape index (κ3) is 4.77. The lowest BCUT2D eigenvalue weighted by molar-refractivity contribution is 0.376. The predicted molar refractivity (Wildman–Crippen MR) is 103 cm³/mol. The maximum Gasteiger partial charge on any atom is 0.246 e. The van der Waals surface area contributed by atoms with Crippen molar-refractivity contribution in [3.8, 4) is 17.1 Å². The zero-order chi connectivity index (χ0) is 17.6. The van der Waals surface area contributed by atoms with Gasteiger partial charge in [0.1, 0.15) is 5.75 Å². The van der Waals surface area contributed by atoms with Crippen molar-refractivity contribution in [2.75, 3.05) is 12.4 Å². The van der Waals surface area contributed by atoms with Crippen molar-refractivity contribution < 1.29 is 9.26 Å². The van der Waals surface area contributed by atoms with Crippen LogP contribution in [-0.2, 0) is 6.54 Å². The Balaban J connectivity index is 1.57. The van der Waals surface area contributed by atoms with Gasteiger partial charge >= 0.3 is 0 Å². The topological polar surface area (TPSA) is 72.2 Å². The van der Waals surface area contributed by atoms with E-state index in [-0.39, 0.29) is 0 Å². The Bertz CT molecular complexity index is 867. The van der Waals surface area contributed by atoms with Gasteiger partial charge in [0.25, 0.3) is 0 Å². The molecule has 6 nitrogen and oxygen atoms in total. The van der Waals surface area contributed by atoms with Gasteiger partial charge in [0.05, 0.1) is 13.7 Å². The van der Waals surface area contributed by atoms with Crippen molar-refractivity contribution in [1.29, 1.82) is 0 Å². The standard InChI is InChI=1S/C17H15BrN4O2S/c1-23-14-4-2-3-11(9-14)16-21-15(24-22-16)10-19-17(25)20-13-7-5-12(18)6-8-13/h2-9H,10H2,1H3,(H2,19,20,25). The van der Waals surface area contributed by atoms with Crippen molar-refractivity contribution in [3.05, 3.63) is 58.9 Å². The van der Waals surface area contributed by atoms with Crippen LogP contribution in [0.1, 0.15) is 5.89 Å². The molecule has 0 atom stereocenters. The number of methoxy groups -OCH3 is 1. The van der Waals surface area contributed by atoms with Crippen LogP contribution in [0.25, 0.3) is 11.4 Å². The van der Waals surface area contributed by atoms with Crippen molar-refractivity contribution >= 4 is 38.9 Å². The summed E-state index contributed by atoms with van der Waals surface area (Å²) in [7, 11) is 1.62. The highest BCUT2D eigenvalue weighted by atomic mass is 79.9. The minimum atomic E-state index is 0.333.